The molecule has 0 aromatic rings. The van der Waals surface area contributed by atoms with Crippen LogP contribution >= 0.6 is 0 Å². The van der Waals surface area contributed by atoms with Crippen LogP contribution in [0.1, 0.15) is 13.8 Å². The van der Waals surface area contributed by atoms with Crippen molar-refractivity contribution in [2.45, 2.75) is 38.1 Å². The molecule has 1 heterocycles. The molecule has 0 aliphatic carbocycles. The van der Waals surface area contributed by atoms with Crippen molar-refractivity contribution in [1.29, 1.82) is 0 Å². The number of aliphatic hydroxyl groups excluding tert-OH is 3. The van der Waals surface area contributed by atoms with Gasteiger partial charge in [0.2, 0.25) is 5.91 Å². The Hall–Kier alpha value is -0.690. The average molecular weight is 232 g/mol. The molecule has 0 unspecified atom stereocenters. The van der Waals surface area contributed by atoms with Crippen molar-refractivity contribution < 1.29 is 20.1 Å². The number of hydrogen-bond donors (Lipinski definition) is 5. The zero-order valence-corrected chi connectivity index (χ0v) is 9.55. The minimum absolute atomic E-state index is 0.101. The summed E-state index contributed by atoms with van der Waals surface area (Å²) < 4.78 is 0. The van der Waals surface area contributed by atoms with Gasteiger partial charge in [-0.3, -0.25) is 4.79 Å². The predicted molar refractivity (Wildman–Crippen MR) is 57.7 cm³/mol. The fourth-order valence-electron chi connectivity index (χ4n) is 1.70. The summed E-state index contributed by atoms with van der Waals surface area (Å²) in [5, 5.41) is 33.6. The van der Waals surface area contributed by atoms with E-state index in [1.54, 1.807) is 13.8 Å². The van der Waals surface area contributed by atoms with E-state index in [1.165, 1.54) is 0 Å². The first-order valence-corrected chi connectivity index (χ1v) is 5.48. The lowest BCUT2D eigenvalue weighted by atomic mass is 10.1. The standard InChI is InChI=1S/C10H20N2O4/c1-5(2)10(16)11-3-6-8(14)9(15)7(4-13)12-6/h5-9,12-15H,3-4H2,1-2H3,(H,11,16)/t6-,7-,8-,9-/m1/s1. The van der Waals surface area contributed by atoms with Crippen LogP contribution in [-0.4, -0.2) is 58.7 Å². The molecule has 1 saturated heterocycles. The first-order valence-electron chi connectivity index (χ1n) is 5.48. The van der Waals surface area contributed by atoms with Gasteiger partial charge in [-0.05, 0) is 0 Å². The van der Waals surface area contributed by atoms with Crippen LogP contribution in [0.15, 0.2) is 0 Å². The number of carbonyl (C=O) groups is 1. The van der Waals surface area contributed by atoms with Crippen LogP contribution < -0.4 is 10.6 Å². The molecule has 0 spiro atoms. The number of rotatable bonds is 4. The van der Waals surface area contributed by atoms with Crippen molar-refractivity contribution in [1.82, 2.24) is 10.6 Å². The maximum Gasteiger partial charge on any atom is 0.222 e. The lowest BCUT2D eigenvalue weighted by Gasteiger charge is -2.17. The van der Waals surface area contributed by atoms with Crippen LogP contribution in [0.5, 0.6) is 0 Å². The van der Waals surface area contributed by atoms with Crippen molar-refractivity contribution in [3.05, 3.63) is 0 Å². The zero-order valence-electron chi connectivity index (χ0n) is 9.55. The second kappa shape index (κ2) is 5.58. The Morgan fingerprint density at radius 3 is 2.31 bits per heavy atom. The molecular weight excluding hydrogens is 212 g/mol. The maximum absolute atomic E-state index is 11.3. The third-order valence-electron chi connectivity index (χ3n) is 2.82. The summed E-state index contributed by atoms with van der Waals surface area (Å²) in [6.07, 6.45) is -1.96. The van der Waals surface area contributed by atoms with E-state index in [9.17, 15) is 15.0 Å². The second-order valence-electron chi connectivity index (χ2n) is 4.44. The van der Waals surface area contributed by atoms with E-state index >= 15 is 0 Å². The van der Waals surface area contributed by atoms with E-state index in [2.05, 4.69) is 10.6 Å². The van der Waals surface area contributed by atoms with E-state index < -0.39 is 24.3 Å². The largest absolute Gasteiger partial charge is 0.395 e. The van der Waals surface area contributed by atoms with Gasteiger partial charge in [0.1, 0.15) is 0 Å². The molecule has 1 rings (SSSR count). The maximum atomic E-state index is 11.3. The number of carbonyl (C=O) groups excluding carboxylic acids is 1. The van der Waals surface area contributed by atoms with Gasteiger partial charge in [-0.2, -0.15) is 0 Å². The molecule has 1 fully saturated rings. The van der Waals surface area contributed by atoms with Gasteiger partial charge >= 0.3 is 0 Å². The summed E-state index contributed by atoms with van der Waals surface area (Å²) in [5.74, 6) is -0.215. The Morgan fingerprint density at radius 2 is 1.88 bits per heavy atom. The van der Waals surface area contributed by atoms with Gasteiger partial charge in [0, 0.05) is 12.5 Å². The molecule has 94 valence electrons. The number of amides is 1. The van der Waals surface area contributed by atoms with E-state index in [1.807, 2.05) is 0 Å². The fourth-order valence-corrected chi connectivity index (χ4v) is 1.70. The van der Waals surface area contributed by atoms with Crippen molar-refractivity contribution in [2.75, 3.05) is 13.2 Å². The topological polar surface area (TPSA) is 102 Å². The molecule has 0 bridgehead atoms. The molecule has 1 aliphatic rings. The molecule has 0 aromatic heterocycles. The van der Waals surface area contributed by atoms with Crippen LogP contribution in [0.2, 0.25) is 0 Å². The Bertz CT molecular complexity index is 247. The van der Waals surface area contributed by atoms with Gasteiger partial charge in [-0.25, -0.2) is 0 Å². The predicted octanol–water partition coefficient (Wildman–Crippen LogP) is -2.19. The van der Waals surface area contributed by atoms with E-state index in [-0.39, 0.29) is 25.0 Å². The Labute approximate surface area is 94.7 Å². The van der Waals surface area contributed by atoms with Crippen molar-refractivity contribution in [3.8, 4) is 0 Å². The lowest BCUT2D eigenvalue weighted by Crippen LogP contribution is -2.45. The van der Waals surface area contributed by atoms with E-state index in [0.29, 0.717) is 0 Å². The van der Waals surface area contributed by atoms with Gasteiger partial charge in [-0.1, -0.05) is 13.8 Å². The monoisotopic (exact) mass is 232 g/mol. The second-order valence-corrected chi connectivity index (χ2v) is 4.44. The van der Waals surface area contributed by atoms with Crippen LogP contribution in [0.3, 0.4) is 0 Å². The molecule has 5 N–H and O–H groups in total. The molecule has 0 aromatic carbocycles. The third kappa shape index (κ3) is 2.91. The minimum Gasteiger partial charge on any atom is -0.395 e. The highest BCUT2D eigenvalue weighted by atomic mass is 16.3. The highest BCUT2D eigenvalue weighted by Gasteiger charge is 2.40. The minimum atomic E-state index is -0.994. The summed E-state index contributed by atoms with van der Waals surface area (Å²) >= 11 is 0. The van der Waals surface area contributed by atoms with Gasteiger partial charge in [0.05, 0.1) is 30.9 Å². The molecule has 6 nitrogen and oxygen atoms in total. The molecule has 6 heteroatoms. The Kier molecular flexibility index (Phi) is 4.67. The summed E-state index contributed by atoms with van der Waals surface area (Å²) in [6, 6.07) is -0.953. The van der Waals surface area contributed by atoms with Crippen LogP contribution in [-0.2, 0) is 4.79 Å². The van der Waals surface area contributed by atoms with Gasteiger partial charge < -0.3 is 26.0 Å². The summed E-state index contributed by atoms with van der Waals surface area (Å²) in [6.45, 7) is 3.55. The van der Waals surface area contributed by atoms with Gasteiger partial charge in [-0.15, -0.1) is 0 Å². The average Bonchev–Trinajstić information content (AvgIpc) is 2.52. The normalized spacial score (nSPS) is 34.4. The number of nitrogens with one attached hydrogen (secondary N) is 2. The van der Waals surface area contributed by atoms with Crippen molar-refractivity contribution in [2.24, 2.45) is 5.92 Å². The van der Waals surface area contributed by atoms with E-state index in [0.717, 1.165) is 0 Å². The third-order valence-corrected chi connectivity index (χ3v) is 2.82. The van der Waals surface area contributed by atoms with Crippen LogP contribution in [0.4, 0.5) is 0 Å². The molecule has 0 radical (unpaired) electrons. The lowest BCUT2D eigenvalue weighted by molar-refractivity contribution is -0.124. The Balaban J connectivity index is 2.41. The van der Waals surface area contributed by atoms with E-state index in [4.69, 9.17) is 5.11 Å². The van der Waals surface area contributed by atoms with Gasteiger partial charge in [0.25, 0.3) is 0 Å². The van der Waals surface area contributed by atoms with Crippen LogP contribution in [0.25, 0.3) is 0 Å². The quantitative estimate of drug-likeness (QED) is 0.379. The summed E-state index contributed by atoms with van der Waals surface area (Å²) in [7, 11) is 0. The van der Waals surface area contributed by atoms with Crippen LogP contribution in [0, 0.1) is 5.92 Å². The Morgan fingerprint density at radius 1 is 1.31 bits per heavy atom. The molecule has 0 saturated carbocycles. The molecular formula is C10H20N2O4. The zero-order chi connectivity index (χ0) is 12.3. The smallest absolute Gasteiger partial charge is 0.222 e. The molecule has 1 aliphatic heterocycles. The SMILES string of the molecule is CC(C)C(=O)NC[C@H]1N[C@H](CO)[C@@H](O)[C@@H]1O. The summed E-state index contributed by atoms with van der Waals surface area (Å²) in [4.78, 5) is 11.3. The number of aliphatic hydroxyl groups is 3. The van der Waals surface area contributed by atoms with Gasteiger partial charge in [0.15, 0.2) is 0 Å². The first-order chi connectivity index (χ1) is 7.47. The van der Waals surface area contributed by atoms with Crippen molar-refractivity contribution >= 4 is 5.91 Å². The highest BCUT2D eigenvalue weighted by Crippen LogP contribution is 2.13. The van der Waals surface area contributed by atoms with Crippen molar-refractivity contribution in [3.63, 3.8) is 0 Å². The summed E-state index contributed by atoms with van der Waals surface area (Å²) in [5.41, 5.74) is 0. The molecule has 1 amide bonds. The number of hydrogen-bond acceptors (Lipinski definition) is 5. The highest BCUT2D eigenvalue weighted by molar-refractivity contribution is 5.77. The molecule has 4 atom stereocenters. The fraction of sp³-hybridized carbons (Fsp3) is 0.900. The molecule has 16 heavy (non-hydrogen) atoms. The first kappa shape index (κ1) is 13.4.